The van der Waals surface area contributed by atoms with Crippen LogP contribution in [0.5, 0.6) is 0 Å². The highest BCUT2D eigenvalue weighted by molar-refractivity contribution is 7.17. The smallest absolute Gasteiger partial charge is 0.221 e. The fourth-order valence-corrected chi connectivity index (χ4v) is 4.16. The van der Waals surface area contributed by atoms with Gasteiger partial charge >= 0.3 is 0 Å². The molecule has 1 amide bonds. The summed E-state index contributed by atoms with van der Waals surface area (Å²) in [5.41, 5.74) is 2.28. The SMILES string of the molecule is COCc1nc(N2CCNC(=O)CC2)c2c(-c3ccccc3)csc2n1. The quantitative estimate of drug-likeness (QED) is 0.767. The van der Waals surface area contributed by atoms with E-state index in [0.29, 0.717) is 31.9 Å². The number of anilines is 1. The molecule has 134 valence electrons. The minimum absolute atomic E-state index is 0.0866. The molecule has 7 heteroatoms. The summed E-state index contributed by atoms with van der Waals surface area (Å²) in [7, 11) is 1.64. The molecule has 1 N–H and O–H groups in total. The summed E-state index contributed by atoms with van der Waals surface area (Å²) in [6.07, 6.45) is 0.468. The number of hydrogen-bond acceptors (Lipinski definition) is 6. The molecule has 1 aliphatic rings. The van der Waals surface area contributed by atoms with Gasteiger partial charge in [-0.3, -0.25) is 4.79 Å². The van der Waals surface area contributed by atoms with Crippen LogP contribution in [0.4, 0.5) is 5.82 Å². The van der Waals surface area contributed by atoms with E-state index in [-0.39, 0.29) is 5.91 Å². The molecule has 1 aliphatic heterocycles. The molecule has 1 fully saturated rings. The molecule has 4 rings (SSSR count). The second-order valence-electron chi connectivity index (χ2n) is 6.18. The fraction of sp³-hybridized carbons (Fsp3) is 0.316. The van der Waals surface area contributed by atoms with Gasteiger partial charge in [0, 0.05) is 44.1 Å². The Hall–Kier alpha value is -2.51. The highest BCUT2D eigenvalue weighted by atomic mass is 32.1. The van der Waals surface area contributed by atoms with Crippen LogP contribution in [0.15, 0.2) is 35.7 Å². The van der Waals surface area contributed by atoms with Gasteiger partial charge < -0.3 is 15.0 Å². The zero-order valence-corrected chi connectivity index (χ0v) is 15.4. The molecule has 0 atom stereocenters. The Balaban J connectivity index is 1.87. The number of rotatable bonds is 4. The van der Waals surface area contributed by atoms with Crippen LogP contribution in [0.2, 0.25) is 0 Å². The first-order valence-electron chi connectivity index (χ1n) is 8.60. The van der Waals surface area contributed by atoms with Crippen LogP contribution >= 0.6 is 11.3 Å². The fourth-order valence-electron chi connectivity index (χ4n) is 3.20. The van der Waals surface area contributed by atoms with Gasteiger partial charge in [0.2, 0.25) is 5.91 Å². The lowest BCUT2D eigenvalue weighted by Crippen LogP contribution is -2.29. The minimum atomic E-state index is 0.0866. The number of ether oxygens (including phenoxy) is 1. The minimum Gasteiger partial charge on any atom is -0.377 e. The predicted octanol–water partition coefficient (Wildman–Crippen LogP) is 2.83. The van der Waals surface area contributed by atoms with Gasteiger partial charge in [-0.25, -0.2) is 9.97 Å². The molecule has 0 bridgehead atoms. The summed E-state index contributed by atoms with van der Waals surface area (Å²) in [6.45, 7) is 2.37. The summed E-state index contributed by atoms with van der Waals surface area (Å²) in [6, 6.07) is 10.3. The highest BCUT2D eigenvalue weighted by Gasteiger charge is 2.22. The van der Waals surface area contributed by atoms with Crippen molar-refractivity contribution >= 4 is 33.3 Å². The van der Waals surface area contributed by atoms with E-state index in [2.05, 4.69) is 32.7 Å². The molecule has 3 heterocycles. The van der Waals surface area contributed by atoms with Crippen molar-refractivity contribution in [3.8, 4) is 11.1 Å². The van der Waals surface area contributed by atoms with Gasteiger partial charge in [-0.15, -0.1) is 11.3 Å². The number of hydrogen-bond donors (Lipinski definition) is 1. The number of amides is 1. The number of aromatic nitrogens is 2. The topological polar surface area (TPSA) is 67.3 Å². The van der Waals surface area contributed by atoms with Crippen LogP contribution in [0.1, 0.15) is 12.2 Å². The highest BCUT2D eigenvalue weighted by Crippen LogP contribution is 2.38. The van der Waals surface area contributed by atoms with Crippen molar-refractivity contribution in [2.24, 2.45) is 0 Å². The molecule has 0 radical (unpaired) electrons. The number of thiophene rings is 1. The van der Waals surface area contributed by atoms with E-state index in [9.17, 15) is 4.79 Å². The maximum absolute atomic E-state index is 11.7. The molecule has 0 aliphatic carbocycles. The first-order valence-corrected chi connectivity index (χ1v) is 9.48. The second-order valence-corrected chi connectivity index (χ2v) is 7.04. The molecule has 6 nitrogen and oxygen atoms in total. The Kier molecular flexibility index (Phi) is 4.81. The van der Waals surface area contributed by atoms with E-state index in [1.807, 2.05) is 18.2 Å². The molecule has 1 aromatic carbocycles. The summed E-state index contributed by atoms with van der Waals surface area (Å²) in [5, 5.41) is 6.11. The van der Waals surface area contributed by atoms with E-state index >= 15 is 0 Å². The third kappa shape index (κ3) is 3.27. The van der Waals surface area contributed by atoms with Crippen molar-refractivity contribution in [2.45, 2.75) is 13.0 Å². The molecule has 0 unspecified atom stereocenters. The van der Waals surface area contributed by atoms with Crippen LogP contribution in [0.25, 0.3) is 21.3 Å². The Labute approximate surface area is 155 Å². The third-order valence-corrected chi connectivity index (χ3v) is 5.30. The summed E-state index contributed by atoms with van der Waals surface area (Å²) in [5.74, 6) is 1.64. The predicted molar refractivity (Wildman–Crippen MR) is 103 cm³/mol. The van der Waals surface area contributed by atoms with E-state index < -0.39 is 0 Å². The molecule has 26 heavy (non-hydrogen) atoms. The number of carbonyl (C=O) groups excluding carboxylic acids is 1. The van der Waals surface area contributed by atoms with Gasteiger partial charge in [0.1, 0.15) is 17.3 Å². The van der Waals surface area contributed by atoms with E-state index in [4.69, 9.17) is 9.72 Å². The maximum atomic E-state index is 11.7. The van der Waals surface area contributed by atoms with Crippen LogP contribution in [0.3, 0.4) is 0 Å². The summed E-state index contributed by atoms with van der Waals surface area (Å²) in [4.78, 5) is 24.3. The number of methoxy groups -OCH3 is 1. The number of nitrogens with zero attached hydrogens (tertiary/aromatic N) is 3. The molecule has 3 aromatic rings. The Morgan fingerprint density at radius 1 is 1.23 bits per heavy atom. The van der Waals surface area contributed by atoms with Gasteiger partial charge in [-0.2, -0.15) is 0 Å². The maximum Gasteiger partial charge on any atom is 0.221 e. The standard InChI is InChI=1S/C19H20N4O2S/c1-25-11-15-21-18(23-9-7-16(24)20-8-10-23)17-14(12-26-19(17)22-15)13-5-3-2-4-6-13/h2-6,12H,7-11H2,1H3,(H,20,24). The van der Waals surface area contributed by atoms with Crippen molar-refractivity contribution in [1.29, 1.82) is 0 Å². The van der Waals surface area contributed by atoms with E-state index in [1.54, 1.807) is 18.4 Å². The normalized spacial score (nSPS) is 15.1. The first-order chi connectivity index (χ1) is 12.8. The molecular weight excluding hydrogens is 348 g/mol. The van der Waals surface area contributed by atoms with Gasteiger partial charge in [0.25, 0.3) is 0 Å². The average molecular weight is 368 g/mol. The van der Waals surface area contributed by atoms with Gasteiger partial charge in [-0.05, 0) is 5.56 Å². The zero-order valence-electron chi connectivity index (χ0n) is 14.6. The van der Waals surface area contributed by atoms with Crippen LogP contribution in [-0.4, -0.2) is 42.6 Å². The largest absolute Gasteiger partial charge is 0.377 e. The number of benzene rings is 1. The van der Waals surface area contributed by atoms with Crippen LogP contribution in [0, 0.1) is 0 Å². The van der Waals surface area contributed by atoms with E-state index in [1.165, 1.54) is 0 Å². The van der Waals surface area contributed by atoms with Crippen molar-refractivity contribution in [1.82, 2.24) is 15.3 Å². The molecule has 1 saturated heterocycles. The van der Waals surface area contributed by atoms with Crippen molar-refractivity contribution < 1.29 is 9.53 Å². The van der Waals surface area contributed by atoms with Crippen LogP contribution in [-0.2, 0) is 16.1 Å². The lowest BCUT2D eigenvalue weighted by molar-refractivity contribution is -0.120. The summed E-state index contributed by atoms with van der Waals surface area (Å²) >= 11 is 1.62. The van der Waals surface area contributed by atoms with Crippen LogP contribution < -0.4 is 10.2 Å². The monoisotopic (exact) mass is 368 g/mol. The lowest BCUT2D eigenvalue weighted by Gasteiger charge is -2.22. The van der Waals surface area contributed by atoms with Crippen molar-refractivity contribution in [2.75, 3.05) is 31.6 Å². The van der Waals surface area contributed by atoms with Gasteiger partial charge in [0.05, 0.1) is 5.39 Å². The van der Waals surface area contributed by atoms with Gasteiger partial charge in [-0.1, -0.05) is 30.3 Å². The summed E-state index contributed by atoms with van der Waals surface area (Å²) < 4.78 is 5.25. The molecule has 0 saturated carbocycles. The Morgan fingerprint density at radius 2 is 2.08 bits per heavy atom. The third-order valence-electron chi connectivity index (χ3n) is 4.43. The first kappa shape index (κ1) is 16.9. The van der Waals surface area contributed by atoms with Crippen molar-refractivity contribution in [3.63, 3.8) is 0 Å². The Bertz CT molecular complexity index is 926. The van der Waals surface area contributed by atoms with E-state index in [0.717, 1.165) is 33.7 Å². The average Bonchev–Trinajstić information content (AvgIpc) is 2.97. The zero-order chi connectivity index (χ0) is 17.9. The lowest BCUT2D eigenvalue weighted by atomic mass is 10.1. The number of nitrogens with one attached hydrogen (secondary N) is 1. The molecular formula is C19H20N4O2S. The Morgan fingerprint density at radius 3 is 2.88 bits per heavy atom. The number of carbonyl (C=O) groups is 1. The molecule has 0 spiro atoms. The second kappa shape index (κ2) is 7.39. The molecule has 2 aromatic heterocycles. The number of fused-ring (bicyclic) bond motifs is 1. The van der Waals surface area contributed by atoms with Gasteiger partial charge in [0.15, 0.2) is 5.82 Å². The van der Waals surface area contributed by atoms with Crippen molar-refractivity contribution in [3.05, 3.63) is 41.5 Å².